The normalized spacial score (nSPS) is 23.1. The fraction of sp³-hybridized carbons (Fsp3) is 0.500. The van der Waals surface area contributed by atoms with Gasteiger partial charge in [0.1, 0.15) is 5.78 Å². The Labute approximate surface area is 96.3 Å². The van der Waals surface area contributed by atoms with Gasteiger partial charge in [0.05, 0.1) is 6.10 Å². The summed E-state index contributed by atoms with van der Waals surface area (Å²) >= 11 is 0. The summed E-state index contributed by atoms with van der Waals surface area (Å²) in [6, 6.07) is 8.01. The summed E-state index contributed by atoms with van der Waals surface area (Å²) in [5.41, 5.74) is 2.17. The Hall–Kier alpha value is -1.15. The van der Waals surface area contributed by atoms with Crippen LogP contribution >= 0.6 is 0 Å². The largest absolute Gasteiger partial charge is 0.389 e. The summed E-state index contributed by atoms with van der Waals surface area (Å²) in [4.78, 5) is 11.4. The highest BCUT2D eigenvalue weighted by Gasteiger charge is 2.20. The Bertz CT molecular complexity index is 365. The third-order valence-electron chi connectivity index (χ3n) is 3.37. The maximum Gasteiger partial charge on any atom is 0.133 e. The zero-order valence-corrected chi connectivity index (χ0v) is 9.65. The monoisotopic (exact) mass is 218 g/mol. The van der Waals surface area contributed by atoms with Crippen LogP contribution in [0.4, 0.5) is 0 Å². The molecule has 0 bridgehead atoms. The van der Waals surface area contributed by atoms with Crippen LogP contribution in [0.1, 0.15) is 55.8 Å². The maximum absolute atomic E-state index is 11.4. The number of aliphatic hydroxyl groups is 1. The van der Waals surface area contributed by atoms with Gasteiger partial charge in [-0.1, -0.05) is 24.3 Å². The average molecular weight is 218 g/mol. The van der Waals surface area contributed by atoms with Crippen LogP contribution < -0.4 is 0 Å². The second-order valence-electron chi connectivity index (χ2n) is 4.67. The fourth-order valence-corrected chi connectivity index (χ4v) is 2.36. The van der Waals surface area contributed by atoms with Crippen molar-refractivity contribution in [3.8, 4) is 0 Å². The molecule has 1 fully saturated rings. The quantitative estimate of drug-likeness (QED) is 0.828. The fourth-order valence-electron chi connectivity index (χ4n) is 2.36. The van der Waals surface area contributed by atoms with E-state index in [0.717, 1.165) is 24.8 Å². The van der Waals surface area contributed by atoms with Gasteiger partial charge in [-0.15, -0.1) is 0 Å². The molecule has 2 unspecified atom stereocenters. The Balaban J connectivity index is 2.11. The molecule has 0 aliphatic heterocycles. The van der Waals surface area contributed by atoms with E-state index in [1.807, 2.05) is 24.3 Å². The molecule has 0 heterocycles. The van der Waals surface area contributed by atoms with Crippen molar-refractivity contribution in [1.82, 2.24) is 0 Å². The molecule has 0 aromatic heterocycles. The predicted molar refractivity (Wildman–Crippen MR) is 63.3 cm³/mol. The summed E-state index contributed by atoms with van der Waals surface area (Å²) in [6.45, 7) is 1.76. The SMILES string of the molecule is CC(O)c1ccc(C2CCCC(=O)C2)cc1. The van der Waals surface area contributed by atoms with Crippen LogP contribution in [0.15, 0.2) is 24.3 Å². The lowest BCUT2D eigenvalue weighted by atomic mass is 9.83. The zero-order chi connectivity index (χ0) is 11.5. The molecule has 2 rings (SSSR count). The van der Waals surface area contributed by atoms with Gasteiger partial charge < -0.3 is 5.11 Å². The first kappa shape index (κ1) is 11.3. The van der Waals surface area contributed by atoms with Crippen molar-refractivity contribution >= 4 is 5.78 Å². The number of ketones is 1. The Morgan fingerprint density at radius 1 is 1.31 bits per heavy atom. The first-order valence-electron chi connectivity index (χ1n) is 5.96. The van der Waals surface area contributed by atoms with Gasteiger partial charge in [0.2, 0.25) is 0 Å². The molecule has 86 valence electrons. The Kier molecular flexibility index (Phi) is 3.39. The predicted octanol–water partition coefficient (Wildman–Crippen LogP) is 2.97. The van der Waals surface area contributed by atoms with Gasteiger partial charge in [0, 0.05) is 12.8 Å². The third-order valence-corrected chi connectivity index (χ3v) is 3.37. The molecule has 1 aliphatic carbocycles. The van der Waals surface area contributed by atoms with Gasteiger partial charge in [-0.05, 0) is 36.8 Å². The Morgan fingerprint density at radius 2 is 2.00 bits per heavy atom. The average Bonchev–Trinajstić information content (AvgIpc) is 2.29. The van der Waals surface area contributed by atoms with E-state index < -0.39 is 6.10 Å². The van der Waals surface area contributed by atoms with Crippen LogP contribution in [0.3, 0.4) is 0 Å². The lowest BCUT2D eigenvalue weighted by Gasteiger charge is -2.21. The highest BCUT2D eigenvalue weighted by molar-refractivity contribution is 5.80. The van der Waals surface area contributed by atoms with Crippen LogP contribution in [0.5, 0.6) is 0 Å². The maximum atomic E-state index is 11.4. The van der Waals surface area contributed by atoms with Crippen LogP contribution in [-0.4, -0.2) is 10.9 Å². The smallest absolute Gasteiger partial charge is 0.133 e. The number of hydrogen-bond acceptors (Lipinski definition) is 2. The summed E-state index contributed by atoms with van der Waals surface area (Å²) in [5, 5.41) is 9.41. The molecule has 16 heavy (non-hydrogen) atoms. The van der Waals surface area contributed by atoms with Crippen molar-refractivity contribution in [2.75, 3.05) is 0 Å². The molecule has 0 spiro atoms. The number of carbonyl (C=O) groups excluding carboxylic acids is 1. The number of carbonyl (C=O) groups is 1. The molecule has 2 atom stereocenters. The van der Waals surface area contributed by atoms with Crippen LogP contribution in [0.25, 0.3) is 0 Å². The molecule has 1 saturated carbocycles. The van der Waals surface area contributed by atoms with E-state index in [0.29, 0.717) is 18.1 Å². The minimum absolute atomic E-state index is 0.385. The van der Waals surface area contributed by atoms with E-state index >= 15 is 0 Å². The molecule has 2 heteroatoms. The molecular weight excluding hydrogens is 200 g/mol. The van der Waals surface area contributed by atoms with Crippen LogP contribution in [0.2, 0.25) is 0 Å². The number of rotatable bonds is 2. The second kappa shape index (κ2) is 4.79. The van der Waals surface area contributed by atoms with Gasteiger partial charge in [0.25, 0.3) is 0 Å². The highest BCUT2D eigenvalue weighted by atomic mass is 16.3. The summed E-state index contributed by atoms with van der Waals surface area (Å²) < 4.78 is 0. The van der Waals surface area contributed by atoms with Gasteiger partial charge in [-0.3, -0.25) is 4.79 Å². The lowest BCUT2D eigenvalue weighted by molar-refractivity contribution is -0.120. The third kappa shape index (κ3) is 2.50. The molecule has 1 aliphatic rings. The van der Waals surface area contributed by atoms with E-state index in [1.54, 1.807) is 6.92 Å². The summed E-state index contributed by atoms with van der Waals surface area (Å²) in [6.07, 6.45) is 3.15. The van der Waals surface area contributed by atoms with E-state index in [9.17, 15) is 9.90 Å². The van der Waals surface area contributed by atoms with Gasteiger partial charge >= 0.3 is 0 Å². The molecule has 0 amide bonds. The number of Topliss-reactive ketones (excluding diaryl/α,β-unsaturated/α-hetero) is 1. The zero-order valence-electron chi connectivity index (χ0n) is 9.65. The van der Waals surface area contributed by atoms with Gasteiger partial charge in [-0.2, -0.15) is 0 Å². The van der Waals surface area contributed by atoms with E-state index in [-0.39, 0.29) is 0 Å². The molecule has 1 N–H and O–H groups in total. The van der Waals surface area contributed by atoms with Crippen molar-refractivity contribution < 1.29 is 9.90 Å². The standard InChI is InChI=1S/C14H18O2/c1-10(15)11-5-7-12(8-6-11)13-3-2-4-14(16)9-13/h5-8,10,13,15H,2-4,9H2,1H3. The van der Waals surface area contributed by atoms with Crippen molar-refractivity contribution in [1.29, 1.82) is 0 Å². The molecule has 1 aromatic rings. The highest BCUT2D eigenvalue weighted by Crippen LogP contribution is 2.31. The first-order valence-corrected chi connectivity index (χ1v) is 5.96. The minimum Gasteiger partial charge on any atom is -0.389 e. The van der Waals surface area contributed by atoms with E-state index in [1.165, 1.54) is 5.56 Å². The van der Waals surface area contributed by atoms with Crippen molar-refractivity contribution in [3.63, 3.8) is 0 Å². The van der Waals surface area contributed by atoms with Crippen molar-refractivity contribution in [2.24, 2.45) is 0 Å². The van der Waals surface area contributed by atoms with E-state index in [2.05, 4.69) is 0 Å². The second-order valence-corrected chi connectivity index (χ2v) is 4.67. The topological polar surface area (TPSA) is 37.3 Å². The van der Waals surface area contributed by atoms with Crippen LogP contribution in [-0.2, 0) is 4.79 Å². The van der Waals surface area contributed by atoms with Gasteiger partial charge in [0.15, 0.2) is 0 Å². The first-order chi connectivity index (χ1) is 7.66. The Morgan fingerprint density at radius 3 is 2.56 bits per heavy atom. The number of aliphatic hydroxyl groups excluding tert-OH is 1. The van der Waals surface area contributed by atoms with Crippen molar-refractivity contribution in [2.45, 2.75) is 44.6 Å². The molecule has 0 radical (unpaired) electrons. The molecule has 1 aromatic carbocycles. The number of benzene rings is 1. The number of hydrogen-bond donors (Lipinski definition) is 1. The minimum atomic E-state index is -0.415. The molecular formula is C14H18O2. The van der Waals surface area contributed by atoms with Gasteiger partial charge in [-0.25, -0.2) is 0 Å². The molecule has 0 saturated heterocycles. The molecule has 2 nitrogen and oxygen atoms in total. The van der Waals surface area contributed by atoms with Crippen LogP contribution in [0, 0.1) is 0 Å². The lowest BCUT2D eigenvalue weighted by Crippen LogP contribution is -2.13. The summed E-state index contributed by atoms with van der Waals surface area (Å²) in [7, 11) is 0. The van der Waals surface area contributed by atoms with E-state index in [4.69, 9.17) is 0 Å². The summed E-state index contributed by atoms with van der Waals surface area (Å²) in [5.74, 6) is 0.778. The van der Waals surface area contributed by atoms with Crippen molar-refractivity contribution in [3.05, 3.63) is 35.4 Å².